The van der Waals surface area contributed by atoms with E-state index in [2.05, 4.69) is 15.5 Å². The van der Waals surface area contributed by atoms with Crippen molar-refractivity contribution < 1.29 is 28.9 Å². The topological polar surface area (TPSA) is 179 Å². The molecule has 0 aliphatic carbocycles. The molecule has 1 unspecified atom stereocenters. The number of carbonyl (C=O) groups is 3. The average molecular weight is 533 g/mol. The number of nitrogens with one attached hydrogen (secondary N) is 1. The number of carbonyl (C=O) groups excluding carboxylic acids is 3. The molecule has 0 spiro atoms. The van der Waals surface area contributed by atoms with Gasteiger partial charge in [-0.05, 0) is 24.6 Å². The molecule has 15 heteroatoms. The lowest BCUT2D eigenvalue weighted by Gasteiger charge is -2.47. The molecule has 2 aromatic rings. The highest BCUT2D eigenvalue weighted by Gasteiger charge is 2.50. The number of amides is 2. The van der Waals surface area contributed by atoms with Crippen LogP contribution in [0.4, 0.5) is 10.8 Å². The van der Waals surface area contributed by atoms with Gasteiger partial charge in [-0.3, -0.25) is 19.7 Å². The molecule has 1 aromatic heterocycles. The summed E-state index contributed by atoms with van der Waals surface area (Å²) in [6.45, 7) is 1.87. The van der Waals surface area contributed by atoms with Crippen molar-refractivity contribution in [1.82, 2.24) is 15.2 Å². The number of thiazole rings is 1. The lowest BCUT2D eigenvalue weighted by molar-refractivity contribution is -0.384. The van der Waals surface area contributed by atoms with Crippen LogP contribution in [0.25, 0.3) is 0 Å². The number of hydrogen-bond acceptors (Lipinski definition) is 12. The minimum atomic E-state index is -0.820. The molecule has 1 saturated heterocycles. The van der Waals surface area contributed by atoms with Crippen LogP contribution in [0.5, 0.6) is 0 Å². The van der Waals surface area contributed by atoms with E-state index in [4.69, 9.17) is 15.3 Å². The van der Waals surface area contributed by atoms with E-state index >= 15 is 0 Å². The third kappa shape index (κ3) is 5.31. The zero-order valence-electron chi connectivity index (χ0n) is 18.8. The molecule has 2 amide bonds. The standard InChI is InChI=1S/C21H20N6O7S2/c1-2-34-25-15(14-10-36-21(22)23-14)17(28)24-16-18(29)26-7-12(9-35-19(16)26)20(30)33-8-11-3-5-13(6-4-11)27(31)32/h3-7,10,16,19H,2,8-9H2,1H3,(H2,22,23)(H,24,28)/t16?,19-/m1/s1. The number of benzene rings is 1. The molecule has 3 heterocycles. The van der Waals surface area contributed by atoms with E-state index < -0.39 is 34.1 Å². The van der Waals surface area contributed by atoms with Crippen molar-refractivity contribution in [3.8, 4) is 0 Å². The number of oxime groups is 1. The number of hydrogen-bond donors (Lipinski definition) is 2. The molecule has 0 saturated carbocycles. The third-order valence-electron chi connectivity index (χ3n) is 5.11. The molecular weight excluding hydrogens is 512 g/mol. The van der Waals surface area contributed by atoms with Gasteiger partial charge in [0, 0.05) is 29.5 Å². The number of non-ortho nitro benzene ring substituents is 1. The molecule has 3 N–H and O–H groups in total. The first-order valence-corrected chi connectivity index (χ1v) is 12.5. The van der Waals surface area contributed by atoms with E-state index in [9.17, 15) is 24.5 Å². The van der Waals surface area contributed by atoms with Gasteiger partial charge >= 0.3 is 5.97 Å². The fourth-order valence-electron chi connectivity index (χ4n) is 3.32. The Kier molecular flexibility index (Phi) is 7.49. The Morgan fingerprint density at radius 1 is 1.36 bits per heavy atom. The summed E-state index contributed by atoms with van der Waals surface area (Å²) in [4.78, 5) is 58.6. The number of ether oxygens (including phenoxy) is 1. The van der Waals surface area contributed by atoms with E-state index in [1.54, 1.807) is 12.3 Å². The number of aromatic nitrogens is 1. The maximum atomic E-state index is 12.8. The van der Waals surface area contributed by atoms with Gasteiger partial charge in [-0.25, -0.2) is 9.78 Å². The van der Waals surface area contributed by atoms with E-state index in [-0.39, 0.29) is 46.8 Å². The summed E-state index contributed by atoms with van der Waals surface area (Å²) in [5.74, 6) is -1.37. The molecule has 13 nitrogen and oxygen atoms in total. The van der Waals surface area contributed by atoms with Crippen LogP contribution in [0.2, 0.25) is 0 Å². The predicted octanol–water partition coefficient (Wildman–Crippen LogP) is 1.40. The lowest BCUT2D eigenvalue weighted by Crippen LogP contribution is -2.69. The maximum Gasteiger partial charge on any atom is 0.336 e. The number of nitrogen functional groups attached to an aromatic ring is 1. The van der Waals surface area contributed by atoms with Crippen LogP contribution in [0.3, 0.4) is 0 Å². The Labute approximate surface area is 212 Å². The zero-order chi connectivity index (χ0) is 25.8. The number of esters is 1. The van der Waals surface area contributed by atoms with Crippen LogP contribution in [-0.2, 0) is 30.6 Å². The molecule has 0 radical (unpaired) electrons. The van der Waals surface area contributed by atoms with Crippen molar-refractivity contribution in [3.63, 3.8) is 0 Å². The summed E-state index contributed by atoms with van der Waals surface area (Å²) in [6.07, 6.45) is 1.42. The van der Waals surface area contributed by atoms with Gasteiger partial charge in [0.05, 0.1) is 10.5 Å². The Morgan fingerprint density at radius 2 is 2.11 bits per heavy atom. The summed E-state index contributed by atoms with van der Waals surface area (Å²) in [5, 5.41) is 18.6. The first kappa shape index (κ1) is 25.1. The molecule has 0 bridgehead atoms. The molecule has 1 aromatic carbocycles. The first-order valence-electron chi connectivity index (χ1n) is 10.6. The fourth-order valence-corrected chi connectivity index (χ4v) is 5.11. The van der Waals surface area contributed by atoms with Crippen molar-refractivity contribution >= 4 is 57.4 Å². The van der Waals surface area contributed by atoms with Gasteiger partial charge in [-0.2, -0.15) is 0 Å². The Morgan fingerprint density at radius 3 is 2.75 bits per heavy atom. The van der Waals surface area contributed by atoms with E-state index in [0.717, 1.165) is 11.3 Å². The normalized spacial score (nSPS) is 19.0. The highest BCUT2D eigenvalue weighted by molar-refractivity contribution is 8.00. The van der Waals surface area contributed by atoms with Crippen LogP contribution in [0.15, 0.2) is 46.6 Å². The van der Waals surface area contributed by atoms with E-state index in [1.165, 1.54) is 47.1 Å². The second kappa shape index (κ2) is 10.7. The first-order chi connectivity index (χ1) is 17.3. The number of nitro benzene ring substituents is 1. The number of thioether (sulfide) groups is 1. The van der Waals surface area contributed by atoms with Crippen molar-refractivity contribution in [2.45, 2.75) is 24.9 Å². The second-order valence-corrected chi connectivity index (χ2v) is 9.48. The molecule has 1 fully saturated rings. The van der Waals surface area contributed by atoms with Crippen molar-refractivity contribution in [2.75, 3.05) is 18.1 Å². The summed E-state index contributed by atoms with van der Waals surface area (Å²) in [7, 11) is 0. The quantitative estimate of drug-likeness (QED) is 0.158. The molecule has 2 aliphatic heterocycles. The van der Waals surface area contributed by atoms with E-state index in [1.807, 2.05) is 0 Å². The van der Waals surface area contributed by atoms with Crippen LogP contribution in [0.1, 0.15) is 18.2 Å². The highest BCUT2D eigenvalue weighted by Crippen LogP contribution is 2.36. The van der Waals surface area contributed by atoms with Gasteiger partial charge in [-0.1, -0.05) is 5.16 Å². The smallest absolute Gasteiger partial charge is 0.336 e. The monoisotopic (exact) mass is 532 g/mol. The van der Waals surface area contributed by atoms with Crippen LogP contribution in [-0.4, -0.2) is 62.1 Å². The minimum Gasteiger partial charge on any atom is -0.457 e. The van der Waals surface area contributed by atoms with Crippen LogP contribution < -0.4 is 11.1 Å². The average Bonchev–Trinajstić information content (AvgIpc) is 3.31. The lowest BCUT2D eigenvalue weighted by atomic mass is 10.1. The van der Waals surface area contributed by atoms with Crippen LogP contribution >= 0.6 is 23.1 Å². The van der Waals surface area contributed by atoms with E-state index in [0.29, 0.717) is 5.56 Å². The van der Waals surface area contributed by atoms with Crippen molar-refractivity contribution in [2.24, 2.45) is 5.16 Å². The maximum absolute atomic E-state index is 12.8. The fraction of sp³-hybridized carbons (Fsp3) is 0.286. The Hall–Kier alpha value is -3.98. The number of fused-ring (bicyclic) bond motifs is 1. The largest absolute Gasteiger partial charge is 0.457 e. The van der Waals surface area contributed by atoms with Crippen molar-refractivity contribution in [1.29, 1.82) is 0 Å². The highest BCUT2D eigenvalue weighted by atomic mass is 32.2. The molecule has 2 aliphatic rings. The minimum absolute atomic E-state index is 0.0626. The Bertz CT molecular complexity index is 1260. The van der Waals surface area contributed by atoms with Crippen molar-refractivity contribution in [3.05, 3.63) is 62.8 Å². The van der Waals surface area contributed by atoms with Gasteiger partial charge in [0.15, 0.2) is 10.8 Å². The number of nitrogens with two attached hydrogens (primary N) is 1. The summed E-state index contributed by atoms with van der Waals surface area (Å²) in [6, 6.07) is 4.83. The van der Waals surface area contributed by atoms with Gasteiger partial charge in [0.2, 0.25) is 0 Å². The number of anilines is 1. The SMILES string of the molecule is CCON=C(C(=O)NC1C(=O)N2C=C(C(=O)OCc3ccc([N+](=O)[O-])cc3)CS[C@H]12)c1csc(N)n1. The third-order valence-corrected chi connectivity index (χ3v) is 7.11. The van der Waals surface area contributed by atoms with Gasteiger partial charge in [0.25, 0.3) is 17.5 Å². The number of nitrogens with zero attached hydrogens (tertiary/aromatic N) is 4. The molecule has 4 rings (SSSR count). The molecular formula is C21H20N6O7S2. The molecule has 2 atom stereocenters. The predicted molar refractivity (Wildman–Crippen MR) is 131 cm³/mol. The van der Waals surface area contributed by atoms with Crippen LogP contribution in [0, 0.1) is 10.1 Å². The summed E-state index contributed by atoms with van der Waals surface area (Å²) < 4.78 is 5.28. The molecule has 188 valence electrons. The molecule has 36 heavy (non-hydrogen) atoms. The summed E-state index contributed by atoms with van der Waals surface area (Å²) in [5.41, 5.74) is 6.60. The Balaban J connectivity index is 1.35. The number of β-lactam (4-membered cyclic amide) rings is 1. The number of rotatable bonds is 9. The van der Waals surface area contributed by atoms with Gasteiger partial charge in [-0.15, -0.1) is 23.1 Å². The van der Waals surface area contributed by atoms with Gasteiger partial charge in [0.1, 0.15) is 30.3 Å². The summed E-state index contributed by atoms with van der Waals surface area (Å²) >= 11 is 2.44. The second-order valence-electron chi connectivity index (χ2n) is 7.48. The zero-order valence-corrected chi connectivity index (χ0v) is 20.4. The number of nitro groups is 1. The van der Waals surface area contributed by atoms with Gasteiger partial charge < -0.3 is 25.5 Å².